The summed E-state index contributed by atoms with van der Waals surface area (Å²) >= 11 is 0. The lowest BCUT2D eigenvalue weighted by molar-refractivity contribution is -0.384. The molecule has 0 spiro atoms. The fraction of sp³-hybridized carbons (Fsp3) is 0. The fourth-order valence-corrected chi connectivity index (χ4v) is 1.36. The van der Waals surface area contributed by atoms with E-state index in [0.29, 0.717) is 5.56 Å². The van der Waals surface area contributed by atoms with E-state index in [-0.39, 0.29) is 16.9 Å². The Balaban J connectivity index is 2.43. The van der Waals surface area contributed by atoms with Crippen LogP contribution in [0, 0.1) is 10.1 Å². The number of aromatic nitrogens is 1. The first-order valence-corrected chi connectivity index (χ1v) is 4.58. The molecule has 86 valence electrons. The summed E-state index contributed by atoms with van der Waals surface area (Å²) in [5.74, 6) is -0.667. The Bertz CT molecular complexity index is 573. The summed E-state index contributed by atoms with van der Waals surface area (Å²) in [6, 6.07) is 5.58. The van der Waals surface area contributed by atoms with Crippen molar-refractivity contribution < 1.29 is 14.2 Å². The molecule has 1 amide bonds. The fourth-order valence-electron chi connectivity index (χ4n) is 1.36. The minimum absolute atomic E-state index is 0.0436. The second-order valence-corrected chi connectivity index (χ2v) is 3.25. The Morgan fingerprint density at radius 3 is 2.53 bits per heavy atom. The van der Waals surface area contributed by atoms with Gasteiger partial charge in [-0.15, -0.1) is 0 Å². The molecule has 2 N–H and O–H groups in total. The molecule has 7 nitrogen and oxygen atoms in total. The maximum atomic E-state index is 11.0. The third kappa shape index (κ3) is 1.98. The van der Waals surface area contributed by atoms with Crippen molar-refractivity contribution in [1.82, 2.24) is 5.16 Å². The predicted molar refractivity (Wildman–Crippen MR) is 57.1 cm³/mol. The highest BCUT2D eigenvalue weighted by Gasteiger charge is 2.15. The van der Waals surface area contributed by atoms with Gasteiger partial charge in [0.1, 0.15) is 17.5 Å². The number of benzene rings is 1. The number of nitrogens with two attached hydrogens (primary N) is 1. The van der Waals surface area contributed by atoms with Gasteiger partial charge in [0.2, 0.25) is 0 Å². The van der Waals surface area contributed by atoms with E-state index in [4.69, 9.17) is 5.73 Å². The first-order valence-electron chi connectivity index (χ1n) is 4.58. The van der Waals surface area contributed by atoms with Gasteiger partial charge in [-0.3, -0.25) is 14.9 Å². The zero-order valence-corrected chi connectivity index (χ0v) is 8.49. The van der Waals surface area contributed by atoms with Gasteiger partial charge in [0, 0.05) is 17.7 Å². The van der Waals surface area contributed by atoms with Gasteiger partial charge in [-0.25, -0.2) is 0 Å². The summed E-state index contributed by atoms with van der Waals surface area (Å²) in [7, 11) is 0. The van der Waals surface area contributed by atoms with Gasteiger partial charge in [0.05, 0.1) is 4.92 Å². The molecule has 0 bridgehead atoms. The first kappa shape index (κ1) is 10.8. The van der Waals surface area contributed by atoms with Crippen LogP contribution < -0.4 is 5.73 Å². The molecule has 0 atom stereocenters. The second-order valence-electron chi connectivity index (χ2n) is 3.25. The van der Waals surface area contributed by atoms with Crippen LogP contribution in [0.5, 0.6) is 0 Å². The lowest BCUT2D eigenvalue weighted by atomic mass is 10.1. The summed E-state index contributed by atoms with van der Waals surface area (Å²) < 4.78 is 4.65. The van der Waals surface area contributed by atoms with E-state index in [1.54, 1.807) is 0 Å². The lowest BCUT2D eigenvalue weighted by Crippen LogP contribution is -2.11. The number of primary amides is 1. The van der Waals surface area contributed by atoms with E-state index in [2.05, 4.69) is 9.68 Å². The highest BCUT2D eigenvalue weighted by molar-refractivity contribution is 5.98. The van der Waals surface area contributed by atoms with Crippen molar-refractivity contribution in [1.29, 1.82) is 0 Å². The van der Waals surface area contributed by atoms with E-state index in [9.17, 15) is 14.9 Å². The normalized spacial score (nSPS) is 10.1. The number of non-ortho nitro benzene ring substituents is 1. The Hall–Kier alpha value is -2.70. The Kier molecular flexibility index (Phi) is 2.57. The van der Waals surface area contributed by atoms with Crippen LogP contribution in [0.1, 0.15) is 10.4 Å². The molecule has 0 aliphatic heterocycles. The summed E-state index contributed by atoms with van der Waals surface area (Å²) in [6.07, 6.45) is 1.14. The minimum Gasteiger partial charge on any atom is -0.365 e. The molecular weight excluding hydrogens is 226 g/mol. The van der Waals surface area contributed by atoms with Crippen LogP contribution >= 0.6 is 0 Å². The van der Waals surface area contributed by atoms with Crippen LogP contribution in [-0.2, 0) is 0 Å². The summed E-state index contributed by atoms with van der Waals surface area (Å²) in [4.78, 5) is 21.0. The van der Waals surface area contributed by atoms with Crippen LogP contribution in [0.15, 0.2) is 35.1 Å². The molecular formula is C10H7N3O4. The SMILES string of the molecule is NC(=O)c1conc1-c1ccc([N+](=O)[O-])cc1. The maximum absolute atomic E-state index is 11.0. The molecule has 1 aromatic heterocycles. The third-order valence-corrected chi connectivity index (χ3v) is 2.19. The standard InChI is InChI=1S/C10H7N3O4/c11-10(14)8-5-17-12-9(8)6-1-3-7(4-2-6)13(15)16/h1-5H,(H2,11,14). The number of nitro groups is 1. The van der Waals surface area contributed by atoms with Crippen LogP contribution in [0.3, 0.4) is 0 Å². The molecule has 1 aromatic carbocycles. The number of rotatable bonds is 3. The summed E-state index contributed by atoms with van der Waals surface area (Å²) in [5, 5.41) is 14.1. The van der Waals surface area contributed by atoms with Crippen molar-refractivity contribution in [3.8, 4) is 11.3 Å². The minimum atomic E-state index is -0.667. The number of nitrogens with zero attached hydrogens (tertiary/aromatic N) is 2. The molecule has 17 heavy (non-hydrogen) atoms. The second kappa shape index (κ2) is 4.05. The molecule has 2 aromatic rings. The Morgan fingerprint density at radius 1 is 1.35 bits per heavy atom. The van der Waals surface area contributed by atoms with E-state index >= 15 is 0 Å². The smallest absolute Gasteiger partial charge is 0.269 e. The summed E-state index contributed by atoms with van der Waals surface area (Å²) in [5.41, 5.74) is 6.02. The summed E-state index contributed by atoms with van der Waals surface area (Å²) in [6.45, 7) is 0. The number of hydrogen-bond acceptors (Lipinski definition) is 5. The Morgan fingerprint density at radius 2 is 2.00 bits per heavy atom. The molecule has 0 radical (unpaired) electrons. The average Bonchev–Trinajstić information content (AvgIpc) is 2.78. The number of carbonyl (C=O) groups excluding carboxylic acids is 1. The van der Waals surface area contributed by atoms with Crippen molar-refractivity contribution in [2.24, 2.45) is 5.73 Å². The molecule has 0 saturated carbocycles. The average molecular weight is 233 g/mol. The van der Waals surface area contributed by atoms with Gasteiger partial charge in [0.15, 0.2) is 0 Å². The van der Waals surface area contributed by atoms with Gasteiger partial charge in [-0.1, -0.05) is 5.16 Å². The van der Waals surface area contributed by atoms with Crippen molar-refractivity contribution >= 4 is 11.6 Å². The quantitative estimate of drug-likeness (QED) is 0.635. The van der Waals surface area contributed by atoms with Crippen LogP contribution in [0.25, 0.3) is 11.3 Å². The highest BCUT2D eigenvalue weighted by atomic mass is 16.6. The molecule has 2 rings (SSSR count). The number of amides is 1. The van der Waals surface area contributed by atoms with Crippen LogP contribution in [0.2, 0.25) is 0 Å². The predicted octanol–water partition coefficient (Wildman–Crippen LogP) is 1.35. The first-order chi connectivity index (χ1) is 8.09. The van der Waals surface area contributed by atoms with Crippen molar-refractivity contribution in [3.63, 3.8) is 0 Å². The van der Waals surface area contributed by atoms with Crippen molar-refractivity contribution in [3.05, 3.63) is 46.2 Å². The number of nitro benzene ring substituents is 1. The largest absolute Gasteiger partial charge is 0.365 e. The number of hydrogen-bond donors (Lipinski definition) is 1. The third-order valence-electron chi connectivity index (χ3n) is 2.19. The molecule has 0 saturated heterocycles. The molecule has 7 heteroatoms. The van der Waals surface area contributed by atoms with Gasteiger partial charge < -0.3 is 10.3 Å². The van der Waals surface area contributed by atoms with Crippen molar-refractivity contribution in [2.75, 3.05) is 0 Å². The van der Waals surface area contributed by atoms with E-state index < -0.39 is 10.8 Å². The number of carbonyl (C=O) groups is 1. The highest BCUT2D eigenvalue weighted by Crippen LogP contribution is 2.24. The van der Waals surface area contributed by atoms with Gasteiger partial charge in [-0.05, 0) is 12.1 Å². The topological polar surface area (TPSA) is 112 Å². The van der Waals surface area contributed by atoms with Gasteiger partial charge >= 0.3 is 0 Å². The molecule has 1 heterocycles. The van der Waals surface area contributed by atoms with Crippen molar-refractivity contribution in [2.45, 2.75) is 0 Å². The van der Waals surface area contributed by atoms with E-state index in [1.165, 1.54) is 24.3 Å². The lowest BCUT2D eigenvalue weighted by Gasteiger charge is -1.97. The molecule has 0 aliphatic rings. The molecule has 0 fully saturated rings. The van der Waals surface area contributed by atoms with Crippen LogP contribution in [0.4, 0.5) is 5.69 Å². The zero-order valence-electron chi connectivity index (χ0n) is 8.49. The zero-order chi connectivity index (χ0) is 12.4. The maximum Gasteiger partial charge on any atom is 0.269 e. The van der Waals surface area contributed by atoms with E-state index in [1.807, 2.05) is 0 Å². The molecule has 0 unspecified atom stereocenters. The molecule has 0 aliphatic carbocycles. The Labute approximate surface area is 95.0 Å². The van der Waals surface area contributed by atoms with Gasteiger partial charge in [0.25, 0.3) is 11.6 Å². The van der Waals surface area contributed by atoms with Crippen LogP contribution in [-0.4, -0.2) is 16.0 Å². The monoisotopic (exact) mass is 233 g/mol. The van der Waals surface area contributed by atoms with Gasteiger partial charge in [-0.2, -0.15) is 0 Å². The van der Waals surface area contributed by atoms with E-state index in [0.717, 1.165) is 6.26 Å².